The van der Waals surface area contributed by atoms with E-state index in [0.717, 1.165) is 49.8 Å². The van der Waals surface area contributed by atoms with Crippen LogP contribution in [0.5, 0.6) is 5.75 Å². The van der Waals surface area contributed by atoms with Crippen LogP contribution in [-0.4, -0.2) is 33.4 Å². The lowest BCUT2D eigenvalue weighted by Gasteiger charge is -2.30. The predicted molar refractivity (Wildman–Crippen MR) is 89.7 cm³/mol. The molecule has 4 heteroatoms. The molecule has 2 N–H and O–H groups in total. The number of benzene rings is 2. The van der Waals surface area contributed by atoms with Gasteiger partial charge in [-0.2, -0.15) is 0 Å². The Morgan fingerprint density at radius 3 is 2.36 bits per heavy atom. The normalized spacial score (nSPS) is 14.9. The van der Waals surface area contributed by atoms with Crippen LogP contribution in [0, 0.1) is 0 Å². The van der Waals surface area contributed by atoms with Crippen LogP contribution in [0.25, 0.3) is 0 Å². The topological polar surface area (TPSA) is 47.7 Å². The first-order valence-corrected chi connectivity index (χ1v) is 7.60. The van der Waals surface area contributed by atoms with E-state index in [9.17, 15) is 0 Å². The number of hydrogen-bond donors (Lipinski definition) is 1. The van der Waals surface area contributed by atoms with Crippen molar-refractivity contribution in [3.05, 3.63) is 53.6 Å². The van der Waals surface area contributed by atoms with Gasteiger partial charge in [-0.1, -0.05) is 18.2 Å². The highest BCUT2D eigenvalue weighted by Gasteiger charge is 2.13. The third-order valence-electron chi connectivity index (χ3n) is 4.01. The molecule has 1 aliphatic heterocycles. The Labute approximate surface area is 131 Å². The van der Waals surface area contributed by atoms with E-state index in [1.54, 1.807) is 7.11 Å². The van der Waals surface area contributed by atoms with Crippen molar-refractivity contribution < 1.29 is 9.47 Å². The summed E-state index contributed by atoms with van der Waals surface area (Å²) in [5.74, 6) is 0.880. The number of ether oxygens (including phenoxy) is 2. The molecule has 22 heavy (non-hydrogen) atoms. The number of nitrogens with zero attached hydrogens (tertiary/aromatic N) is 1. The van der Waals surface area contributed by atoms with Crippen LogP contribution >= 0.6 is 0 Å². The third kappa shape index (κ3) is 3.34. The Hall–Kier alpha value is -2.20. The molecule has 3 rings (SSSR count). The zero-order valence-corrected chi connectivity index (χ0v) is 12.9. The Morgan fingerprint density at radius 1 is 1.05 bits per heavy atom. The van der Waals surface area contributed by atoms with E-state index in [0.29, 0.717) is 0 Å². The monoisotopic (exact) mass is 298 g/mol. The van der Waals surface area contributed by atoms with Gasteiger partial charge < -0.3 is 20.1 Å². The number of nitrogen functional groups attached to an aromatic ring is 1. The van der Waals surface area contributed by atoms with Crippen molar-refractivity contribution in [1.29, 1.82) is 0 Å². The molecule has 1 aliphatic rings. The van der Waals surface area contributed by atoms with Crippen LogP contribution in [-0.2, 0) is 11.2 Å². The van der Waals surface area contributed by atoms with Crippen molar-refractivity contribution >= 4 is 11.4 Å². The molecule has 1 heterocycles. The number of methoxy groups -OCH3 is 1. The van der Waals surface area contributed by atoms with E-state index in [2.05, 4.69) is 35.2 Å². The van der Waals surface area contributed by atoms with Crippen molar-refractivity contribution in [3.63, 3.8) is 0 Å². The molecule has 0 aliphatic carbocycles. The Morgan fingerprint density at radius 2 is 1.73 bits per heavy atom. The average Bonchev–Trinajstić information content (AvgIpc) is 2.56. The van der Waals surface area contributed by atoms with Gasteiger partial charge in [0.15, 0.2) is 0 Å². The number of rotatable bonds is 4. The summed E-state index contributed by atoms with van der Waals surface area (Å²) in [5, 5.41) is 0. The molecule has 0 aromatic heterocycles. The molecule has 2 aromatic rings. The van der Waals surface area contributed by atoms with Gasteiger partial charge in [-0.25, -0.2) is 0 Å². The van der Waals surface area contributed by atoms with Gasteiger partial charge in [0.1, 0.15) is 5.75 Å². The standard InChI is InChI=1S/C18H22N2O2/c1-21-16-5-2-14(3-6-16)12-15-4-7-18(17(19)13-15)20-8-10-22-11-9-20/h2-7,13H,8-12,19H2,1H3. The number of hydrogen-bond acceptors (Lipinski definition) is 4. The van der Waals surface area contributed by atoms with Crippen LogP contribution in [0.4, 0.5) is 11.4 Å². The van der Waals surface area contributed by atoms with E-state index >= 15 is 0 Å². The molecule has 0 atom stereocenters. The summed E-state index contributed by atoms with van der Waals surface area (Å²) in [6, 6.07) is 14.5. The second-order valence-corrected chi connectivity index (χ2v) is 5.52. The Bertz CT molecular complexity index is 619. The van der Waals surface area contributed by atoms with Crippen LogP contribution < -0.4 is 15.4 Å². The fourth-order valence-electron chi connectivity index (χ4n) is 2.79. The molecule has 0 radical (unpaired) electrons. The Balaban J connectivity index is 1.73. The summed E-state index contributed by atoms with van der Waals surface area (Å²) in [7, 11) is 1.68. The summed E-state index contributed by atoms with van der Waals surface area (Å²) in [4.78, 5) is 2.29. The van der Waals surface area contributed by atoms with Gasteiger partial charge in [0, 0.05) is 13.1 Å². The van der Waals surface area contributed by atoms with Gasteiger partial charge >= 0.3 is 0 Å². The van der Waals surface area contributed by atoms with E-state index < -0.39 is 0 Å². The lowest BCUT2D eigenvalue weighted by molar-refractivity contribution is 0.123. The fourth-order valence-corrected chi connectivity index (χ4v) is 2.79. The molecule has 1 fully saturated rings. The minimum atomic E-state index is 0.771. The summed E-state index contributed by atoms with van der Waals surface area (Å²) in [5.41, 5.74) is 10.7. The lowest BCUT2D eigenvalue weighted by Crippen LogP contribution is -2.36. The molecular weight excluding hydrogens is 276 g/mol. The zero-order valence-electron chi connectivity index (χ0n) is 12.9. The average molecular weight is 298 g/mol. The van der Waals surface area contributed by atoms with Gasteiger partial charge in [-0.15, -0.1) is 0 Å². The first-order chi connectivity index (χ1) is 10.8. The smallest absolute Gasteiger partial charge is 0.118 e. The zero-order chi connectivity index (χ0) is 15.4. The predicted octanol–water partition coefficient (Wildman–Crippen LogP) is 2.70. The molecular formula is C18H22N2O2. The molecule has 0 saturated carbocycles. The van der Waals surface area contributed by atoms with Crippen molar-refractivity contribution in [3.8, 4) is 5.75 Å². The van der Waals surface area contributed by atoms with Gasteiger partial charge in [0.05, 0.1) is 31.7 Å². The first-order valence-electron chi connectivity index (χ1n) is 7.60. The molecule has 1 saturated heterocycles. The maximum atomic E-state index is 6.25. The van der Waals surface area contributed by atoms with Crippen LogP contribution in [0.15, 0.2) is 42.5 Å². The molecule has 116 valence electrons. The van der Waals surface area contributed by atoms with Gasteiger partial charge in [0.25, 0.3) is 0 Å². The minimum Gasteiger partial charge on any atom is -0.497 e. The molecule has 0 spiro atoms. The highest BCUT2D eigenvalue weighted by molar-refractivity contribution is 5.68. The summed E-state index contributed by atoms with van der Waals surface area (Å²) < 4.78 is 10.6. The quantitative estimate of drug-likeness (QED) is 0.882. The third-order valence-corrected chi connectivity index (χ3v) is 4.01. The second kappa shape index (κ2) is 6.71. The number of nitrogens with two attached hydrogens (primary N) is 1. The highest BCUT2D eigenvalue weighted by atomic mass is 16.5. The van der Waals surface area contributed by atoms with Crippen LogP contribution in [0.2, 0.25) is 0 Å². The molecule has 2 aromatic carbocycles. The Kier molecular flexibility index (Phi) is 4.49. The van der Waals surface area contributed by atoms with E-state index in [1.165, 1.54) is 11.1 Å². The molecule has 4 nitrogen and oxygen atoms in total. The van der Waals surface area contributed by atoms with Crippen LogP contribution in [0.3, 0.4) is 0 Å². The van der Waals surface area contributed by atoms with Crippen LogP contribution in [0.1, 0.15) is 11.1 Å². The highest BCUT2D eigenvalue weighted by Crippen LogP contribution is 2.26. The summed E-state index contributed by atoms with van der Waals surface area (Å²) in [6.07, 6.45) is 0.873. The maximum absolute atomic E-state index is 6.25. The molecule has 0 unspecified atom stereocenters. The number of anilines is 2. The van der Waals surface area contributed by atoms with E-state index in [-0.39, 0.29) is 0 Å². The largest absolute Gasteiger partial charge is 0.497 e. The second-order valence-electron chi connectivity index (χ2n) is 5.52. The fraction of sp³-hybridized carbons (Fsp3) is 0.333. The van der Waals surface area contributed by atoms with Gasteiger partial charge in [-0.05, 0) is 41.8 Å². The lowest BCUT2D eigenvalue weighted by atomic mass is 10.0. The van der Waals surface area contributed by atoms with Gasteiger partial charge in [0.2, 0.25) is 0 Å². The molecule has 0 amide bonds. The van der Waals surface area contributed by atoms with Crippen molar-refractivity contribution in [1.82, 2.24) is 0 Å². The van der Waals surface area contributed by atoms with Gasteiger partial charge in [-0.3, -0.25) is 0 Å². The maximum Gasteiger partial charge on any atom is 0.118 e. The van der Waals surface area contributed by atoms with Crippen molar-refractivity contribution in [2.45, 2.75) is 6.42 Å². The van der Waals surface area contributed by atoms with E-state index in [1.807, 2.05) is 12.1 Å². The van der Waals surface area contributed by atoms with Crippen molar-refractivity contribution in [2.24, 2.45) is 0 Å². The summed E-state index contributed by atoms with van der Waals surface area (Å²) >= 11 is 0. The van der Waals surface area contributed by atoms with Crippen molar-refractivity contribution in [2.75, 3.05) is 44.0 Å². The SMILES string of the molecule is COc1ccc(Cc2ccc(N3CCOCC3)c(N)c2)cc1. The minimum absolute atomic E-state index is 0.771. The van der Waals surface area contributed by atoms with E-state index in [4.69, 9.17) is 15.2 Å². The number of morpholine rings is 1. The first kappa shape index (κ1) is 14.7. The molecule has 0 bridgehead atoms. The summed E-state index contributed by atoms with van der Waals surface area (Å²) in [6.45, 7) is 3.35.